The van der Waals surface area contributed by atoms with Gasteiger partial charge in [0.05, 0.1) is 0 Å². The van der Waals surface area contributed by atoms with Gasteiger partial charge in [-0.2, -0.15) is 0 Å². The van der Waals surface area contributed by atoms with Crippen molar-refractivity contribution in [2.24, 2.45) is 5.73 Å². The third kappa shape index (κ3) is 2.80. The normalized spacial score (nSPS) is 16.9. The van der Waals surface area contributed by atoms with Crippen LogP contribution in [0.25, 0.3) is 10.8 Å². The van der Waals surface area contributed by atoms with Gasteiger partial charge < -0.3 is 5.73 Å². The van der Waals surface area contributed by atoms with E-state index in [9.17, 15) is 0 Å². The molecule has 1 fully saturated rings. The summed E-state index contributed by atoms with van der Waals surface area (Å²) >= 11 is 2.07. The van der Waals surface area contributed by atoms with Crippen LogP contribution in [0.5, 0.6) is 0 Å². The number of benzene rings is 2. The van der Waals surface area contributed by atoms with Crippen molar-refractivity contribution < 1.29 is 0 Å². The minimum absolute atomic E-state index is 0.620. The summed E-state index contributed by atoms with van der Waals surface area (Å²) in [6.07, 6.45) is 6.96. The summed E-state index contributed by atoms with van der Waals surface area (Å²) in [6.45, 7) is 0.620. The third-order valence-corrected chi connectivity index (χ3v) is 5.45. The number of fused-ring (bicyclic) bond motifs is 1. The number of hydrogen-bond donors (Lipinski definition) is 1. The molecule has 0 aliphatic heterocycles. The van der Waals surface area contributed by atoms with E-state index in [1.165, 1.54) is 53.3 Å². The molecule has 0 amide bonds. The van der Waals surface area contributed by atoms with Gasteiger partial charge in [0.1, 0.15) is 0 Å². The molecule has 0 atom stereocenters. The molecule has 100 valence electrons. The van der Waals surface area contributed by atoms with E-state index in [2.05, 4.69) is 48.2 Å². The maximum Gasteiger partial charge on any atom is 0.0184 e. The molecule has 2 heteroatoms. The van der Waals surface area contributed by atoms with Crippen molar-refractivity contribution in [1.29, 1.82) is 0 Å². The van der Waals surface area contributed by atoms with Gasteiger partial charge in [0.2, 0.25) is 0 Å². The highest BCUT2D eigenvalue weighted by Gasteiger charge is 2.16. The lowest BCUT2D eigenvalue weighted by Gasteiger charge is -2.22. The Kier molecular flexibility index (Phi) is 4.09. The molecule has 3 rings (SSSR count). The first-order valence-electron chi connectivity index (χ1n) is 7.26. The lowest BCUT2D eigenvalue weighted by molar-refractivity contribution is 0.516. The topological polar surface area (TPSA) is 26.0 Å². The molecule has 0 radical (unpaired) electrons. The molecule has 0 aromatic heterocycles. The second kappa shape index (κ2) is 5.98. The first kappa shape index (κ1) is 13.0. The average Bonchev–Trinajstić information content (AvgIpc) is 2.49. The summed E-state index contributed by atoms with van der Waals surface area (Å²) in [7, 11) is 0. The van der Waals surface area contributed by atoms with Crippen molar-refractivity contribution in [2.45, 2.75) is 48.8 Å². The van der Waals surface area contributed by atoms with Crippen LogP contribution in [0.1, 0.15) is 37.7 Å². The van der Waals surface area contributed by atoms with E-state index >= 15 is 0 Å². The number of nitrogens with two attached hydrogens (primary N) is 1. The van der Waals surface area contributed by atoms with E-state index in [0.29, 0.717) is 6.54 Å². The van der Waals surface area contributed by atoms with E-state index in [-0.39, 0.29) is 0 Å². The molecule has 1 aliphatic carbocycles. The molecule has 2 aromatic carbocycles. The summed E-state index contributed by atoms with van der Waals surface area (Å²) in [5.41, 5.74) is 7.10. The minimum atomic E-state index is 0.620. The molecule has 1 saturated carbocycles. The van der Waals surface area contributed by atoms with Gasteiger partial charge in [-0.1, -0.05) is 49.6 Å². The zero-order valence-corrected chi connectivity index (χ0v) is 12.1. The van der Waals surface area contributed by atoms with Crippen LogP contribution in [-0.4, -0.2) is 5.25 Å². The first-order chi connectivity index (χ1) is 9.38. The van der Waals surface area contributed by atoms with Crippen molar-refractivity contribution in [3.05, 3.63) is 42.0 Å². The van der Waals surface area contributed by atoms with Crippen LogP contribution in [0.4, 0.5) is 0 Å². The van der Waals surface area contributed by atoms with Gasteiger partial charge in [-0.05, 0) is 35.2 Å². The second-order valence-electron chi connectivity index (χ2n) is 5.35. The fourth-order valence-electron chi connectivity index (χ4n) is 2.98. The van der Waals surface area contributed by atoms with Gasteiger partial charge in [0.25, 0.3) is 0 Å². The molecule has 0 unspecified atom stereocenters. The van der Waals surface area contributed by atoms with Crippen molar-refractivity contribution in [2.75, 3.05) is 0 Å². The standard InChI is InChI=1S/C17H21NS/c18-12-13-10-11-17(16-9-5-4-8-15(13)16)19-14-6-2-1-3-7-14/h4-5,8-11,14H,1-3,6-7,12,18H2. The molecule has 19 heavy (non-hydrogen) atoms. The zero-order valence-electron chi connectivity index (χ0n) is 11.3. The van der Waals surface area contributed by atoms with Gasteiger partial charge in [-0.3, -0.25) is 0 Å². The molecule has 2 N–H and O–H groups in total. The van der Waals surface area contributed by atoms with Gasteiger partial charge in [0.15, 0.2) is 0 Å². The first-order valence-corrected chi connectivity index (χ1v) is 8.14. The predicted octanol–water partition coefficient (Wildman–Crippen LogP) is 4.72. The van der Waals surface area contributed by atoms with Crippen LogP contribution in [-0.2, 0) is 6.54 Å². The Bertz CT molecular complexity index is 558. The molecule has 1 aliphatic rings. The van der Waals surface area contributed by atoms with E-state index in [1.54, 1.807) is 0 Å². The molecule has 2 aromatic rings. The molecular formula is C17H21NS. The fraction of sp³-hybridized carbons (Fsp3) is 0.412. The molecule has 0 heterocycles. The lowest BCUT2D eigenvalue weighted by Crippen LogP contribution is -2.07. The Morgan fingerprint density at radius 3 is 2.42 bits per heavy atom. The maximum atomic E-state index is 5.84. The smallest absolute Gasteiger partial charge is 0.0184 e. The Balaban J connectivity index is 1.94. The van der Waals surface area contributed by atoms with Crippen LogP contribution in [0.3, 0.4) is 0 Å². The van der Waals surface area contributed by atoms with Crippen LogP contribution >= 0.6 is 11.8 Å². The molecule has 0 bridgehead atoms. The summed E-state index contributed by atoms with van der Waals surface area (Å²) in [5.74, 6) is 0. The van der Waals surface area contributed by atoms with Crippen LogP contribution in [0.2, 0.25) is 0 Å². The summed E-state index contributed by atoms with van der Waals surface area (Å²) in [5, 5.41) is 3.51. The van der Waals surface area contributed by atoms with Crippen molar-refractivity contribution in [3.63, 3.8) is 0 Å². The highest BCUT2D eigenvalue weighted by molar-refractivity contribution is 8.00. The number of rotatable bonds is 3. The monoisotopic (exact) mass is 271 g/mol. The summed E-state index contributed by atoms with van der Waals surface area (Å²) in [4.78, 5) is 1.43. The highest BCUT2D eigenvalue weighted by Crippen LogP contribution is 2.37. The number of hydrogen-bond acceptors (Lipinski definition) is 2. The van der Waals surface area contributed by atoms with Gasteiger partial charge >= 0.3 is 0 Å². The molecule has 0 spiro atoms. The Labute approximate surface area is 119 Å². The summed E-state index contributed by atoms with van der Waals surface area (Å²) in [6, 6.07) is 13.1. The molecule has 0 saturated heterocycles. The average molecular weight is 271 g/mol. The lowest BCUT2D eigenvalue weighted by atomic mass is 10.0. The quantitative estimate of drug-likeness (QED) is 0.874. The van der Waals surface area contributed by atoms with Crippen molar-refractivity contribution in [1.82, 2.24) is 0 Å². The van der Waals surface area contributed by atoms with E-state index in [0.717, 1.165) is 5.25 Å². The van der Waals surface area contributed by atoms with Crippen molar-refractivity contribution >= 4 is 22.5 Å². The van der Waals surface area contributed by atoms with Crippen LogP contribution < -0.4 is 5.73 Å². The van der Waals surface area contributed by atoms with Gasteiger partial charge in [-0.25, -0.2) is 0 Å². The van der Waals surface area contributed by atoms with E-state index < -0.39 is 0 Å². The predicted molar refractivity (Wildman–Crippen MR) is 84.6 cm³/mol. The minimum Gasteiger partial charge on any atom is -0.326 e. The van der Waals surface area contributed by atoms with E-state index in [1.807, 2.05) is 0 Å². The second-order valence-corrected chi connectivity index (χ2v) is 6.69. The van der Waals surface area contributed by atoms with Gasteiger partial charge in [0, 0.05) is 16.7 Å². The Morgan fingerprint density at radius 1 is 0.947 bits per heavy atom. The largest absolute Gasteiger partial charge is 0.326 e. The van der Waals surface area contributed by atoms with Crippen LogP contribution in [0.15, 0.2) is 41.3 Å². The summed E-state index contributed by atoms with van der Waals surface area (Å²) < 4.78 is 0. The van der Waals surface area contributed by atoms with Crippen LogP contribution in [0, 0.1) is 0 Å². The Morgan fingerprint density at radius 2 is 1.68 bits per heavy atom. The third-order valence-electron chi connectivity index (χ3n) is 4.04. The molecular weight excluding hydrogens is 250 g/mol. The fourth-order valence-corrected chi connectivity index (χ4v) is 4.36. The molecule has 1 nitrogen and oxygen atoms in total. The number of thioether (sulfide) groups is 1. The van der Waals surface area contributed by atoms with E-state index in [4.69, 9.17) is 5.73 Å². The SMILES string of the molecule is NCc1ccc(SC2CCCCC2)c2ccccc12. The van der Waals surface area contributed by atoms with Crippen molar-refractivity contribution in [3.8, 4) is 0 Å². The Hall–Kier alpha value is -0.990. The maximum absolute atomic E-state index is 5.84. The highest BCUT2D eigenvalue weighted by atomic mass is 32.2. The zero-order chi connectivity index (χ0) is 13.1. The van der Waals surface area contributed by atoms with Gasteiger partial charge in [-0.15, -0.1) is 11.8 Å².